The molecule has 1 saturated heterocycles. The van der Waals surface area contributed by atoms with Crippen molar-refractivity contribution in [3.05, 3.63) is 29.8 Å². The lowest BCUT2D eigenvalue weighted by Gasteiger charge is -2.31. The summed E-state index contributed by atoms with van der Waals surface area (Å²) in [6.45, 7) is 6.84. The largest absolute Gasteiger partial charge is 0.312 e. The average Bonchev–Trinajstić information content (AvgIpc) is 2.47. The van der Waals surface area contributed by atoms with E-state index in [1.165, 1.54) is 5.56 Å². The molecule has 108 valence electrons. The van der Waals surface area contributed by atoms with Crippen molar-refractivity contribution in [3.8, 4) is 0 Å². The number of hydrogen-bond donors (Lipinski definition) is 0. The Morgan fingerprint density at radius 2 is 1.95 bits per heavy atom. The number of hydrogen-bond acceptors (Lipinski definition) is 2. The van der Waals surface area contributed by atoms with Crippen LogP contribution in [0.4, 0.5) is 5.69 Å². The molecule has 0 N–H and O–H groups in total. The molecule has 1 aliphatic heterocycles. The highest BCUT2D eigenvalue weighted by Crippen LogP contribution is 2.27. The van der Waals surface area contributed by atoms with E-state index in [9.17, 15) is 9.59 Å². The number of carbonyl (C=O) groups excluding carboxylic acids is 2. The van der Waals surface area contributed by atoms with Crippen molar-refractivity contribution in [1.82, 2.24) is 0 Å². The second-order valence-electron chi connectivity index (χ2n) is 5.75. The van der Waals surface area contributed by atoms with Gasteiger partial charge in [-0.3, -0.25) is 9.59 Å². The molecule has 0 saturated carbocycles. The molecule has 0 aromatic heterocycles. The predicted molar refractivity (Wildman–Crippen MR) is 80.9 cm³/mol. The van der Waals surface area contributed by atoms with Crippen molar-refractivity contribution >= 4 is 17.4 Å². The minimum atomic E-state index is -0.432. The third-order valence-electron chi connectivity index (χ3n) is 4.05. The lowest BCUT2D eigenvalue weighted by atomic mass is 9.91. The van der Waals surface area contributed by atoms with Gasteiger partial charge in [0, 0.05) is 18.7 Å². The van der Waals surface area contributed by atoms with Gasteiger partial charge in [-0.2, -0.15) is 0 Å². The highest BCUT2D eigenvalue weighted by molar-refractivity contribution is 6.08. The second-order valence-corrected chi connectivity index (χ2v) is 5.75. The van der Waals surface area contributed by atoms with Crippen molar-refractivity contribution < 1.29 is 9.59 Å². The molecule has 0 spiro atoms. The van der Waals surface area contributed by atoms with Gasteiger partial charge in [-0.1, -0.05) is 32.9 Å². The fourth-order valence-corrected chi connectivity index (χ4v) is 2.72. The number of carbonyl (C=O) groups is 2. The molecule has 1 heterocycles. The number of benzene rings is 1. The number of ketones is 1. The Bertz CT molecular complexity index is 490. The zero-order valence-electron chi connectivity index (χ0n) is 12.6. The number of piperidine rings is 1. The normalized spacial score (nSPS) is 19.5. The Kier molecular flexibility index (Phi) is 4.58. The van der Waals surface area contributed by atoms with Gasteiger partial charge in [0.1, 0.15) is 5.78 Å². The van der Waals surface area contributed by atoms with Crippen LogP contribution < -0.4 is 4.90 Å². The van der Waals surface area contributed by atoms with Crippen LogP contribution in [-0.2, 0) is 9.59 Å². The van der Waals surface area contributed by atoms with E-state index in [1.54, 1.807) is 4.90 Å². The molecule has 0 bridgehead atoms. The van der Waals surface area contributed by atoms with E-state index in [1.807, 2.05) is 19.1 Å². The van der Waals surface area contributed by atoms with Crippen molar-refractivity contribution in [2.24, 2.45) is 5.92 Å². The van der Waals surface area contributed by atoms with Gasteiger partial charge >= 0.3 is 0 Å². The average molecular weight is 273 g/mol. The Morgan fingerprint density at radius 3 is 2.50 bits per heavy atom. The van der Waals surface area contributed by atoms with Crippen molar-refractivity contribution in [1.29, 1.82) is 0 Å². The molecule has 0 aliphatic carbocycles. The molecular weight excluding hydrogens is 250 g/mol. The Hall–Kier alpha value is -1.64. The molecule has 2 rings (SSSR count). The first-order chi connectivity index (χ1) is 9.54. The minimum absolute atomic E-state index is 0.0274. The summed E-state index contributed by atoms with van der Waals surface area (Å²) >= 11 is 0. The van der Waals surface area contributed by atoms with E-state index in [0.29, 0.717) is 25.3 Å². The Morgan fingerprint density at radius 1 is 1.30 bits per heavy atom. The summed E-state index contributed by atoms with van der Waals surface area (Å²) in [6.07, 6.45) is 2.04. The van der Waals surface area contributed by atoms with Gasteiger partial charge in [0.2, 0.25) is 5.91 Å². The van der Waals surface area contributed by atoms with Crippen molar-refractivity contribution in [2.45, 2.75) is 46.0 Å². The fourth-order valence-electron chi connectivity index (χ4n) is 2.72. The molecule has 1 aliphatic rings. The molecule has 0 unspecified atom stereocenters. The number of anilines is 1. The summed E-state index contributed by atoms with van der Waals surface area (Å²) in [5.74, 6) is 0.0907. The van der Waals surface area contributed by atoms with Crippen LogP contribution in [0.1, 0.15) is 51.5 Å². The maximum atomic E-state index is 12.5. The summed E-state index contributed by atoms with van der Waals surface area (Å²) < 4.78 is 0. The molecule has 3 nitrogen and oxygen atoms in total. The number of amides is 1. The summed E-state index contributed by atoms with van der Waals surface area (Å²) in [5.41, 5.74) is 2.17. The standard InChI is InChI=1S/C17H23NO2/c1-4-16(19)15-6-5-11-18(17(15)20)14-9-7-13(8-10-14)12(2)3/h7-10,12,15H,4-6,11H2,1-3H3/t15-/m0/s1. The molecule has 1 amide bonds. The van der Waals surface area contributed by atoms with E-state index in [-0.39, 0.29) is 11.7 Å². The summed E-state index contributed by atoms with van der Waals surface area (Å²) in [6, 6.07) is 8.12. The Labute approximate surface area is 121 Å². The van der Waals surface area contributed by atoms with E-state index < -0.39 is 5.92 Å². The van der Waals surface area contributed by atoms with Gasteiger partial charge in [0.05, 0.1) is 5.92 Å². The van der Waals surface area contributed by atoms with E-state index >= 15 is 0 Å². The molecule has 1 aromatic carbocycles. The van der Waals surface area contributed by atoms with Gasteiger partial charge in [-0.15, -0.1) is 0 Å². The van der Waals surface area contributed by atoms with E-state index in [2.05, 4.69) is 26.0 Å². The number of Topliss-reactive ketones (excluding diaryl/α,β-unsaturated/α-hetero) is 1. The van der Waals surface area contributed by atoms with Crippen molar-refractivity contribution in [2.75, 3.05) is 11.4 Å². The van der Waals surface area contributed by atoms with E-state index in [4.69, 9.17) is 0 Å². The summed E-state index contributed by atoms with van der Waals surface area (Å²) in [7, 11) is 0. The first kappa shape index (κ1) is 14.8. The molecule has 3 heteroatoms. The van der Waals surface area contributed by atoms with Gasteiger partial charge < -0.3 is 4.90 Å². The maximum absolute atomic E-state index is 12.5. The van der Waals surface area contributed by atoms with Gasteiger partial charge in [0.15, 0.2) is 0 Å². The molecule has 1 aromatic rings. The lowest BCUT2D eigenvalue weighted by molar-refractivity contribution is -0.133. The van der Waals surface area contributed by atoms with Crippen LogP contribution in [0.3, 0.4) is 0 Å². The molecule has 0 radical (unpaired) electrons. The minimum Gasteiger partial charge on any atom is -0.312 e. The molecule has 20 heavy (non-hydrogen) atoms. The van der Waals surface area contributed by atoms with Crippen LogP contribution in [0, 0.1) is 5.92 Å². The van der Waals surface area contributed by atoms with Crippen LogP contribution >= 0.6 is 0 Å². The summed E-state index contributed by atoms with van der Waals surface area (Å²) in [4.78, 5) is 26.1. The topological polar surface area (TPSA) is 37.4 Å². The van der Waals surface area contributed by atoms with Crippen LogP contribution in [0.25, 0.3) is 0 Å². The second kappa shape index (κ2) is 6.21. The van der Waals surface area contributed by atoms with Crippen molar-refractivity contribution in [3.63, 3.8) is 0 Å². The van der Waals surface area contributed by atoms with Crippen LogP contribution in [0.2, 0.25) is 0 Å². The predicted octanol–water partition coefficient (Wildman–Crippen LogP) is 3.53. The van der Waals surface area contributed by atoms with E-state index in [0.717, 1.165) is 12.1 Å². The maximum Gasteiger partial charge on any atom is 0.237 e. The first-order valence-corrected chi connectivity index (χ1v) is 7.48. The van der Waals surface area contributed by atoms with Gasteiger partial charge in [-0.25, -0.2) is 0 Å². The first-order valence-electron chi connectivity index (χ1n) is 7.48. The van der Waals surface area contributed by atoms with Gasteiger partial charge in [-0.05, 0) is 36.5 Å². The van der Waals surface area contributed by atoms with Crippen LogP contribution in [-0.4, -0.2) is 18.2 Å². The number of rotatable bonds is 4. The third-order valence-corrected chi connectivity index (χ3v) is 4.05. The zero-order valence-corrected chi connectivity index (χ0v) is 12.6. The monoisotopic (exact) mass is 273 g/mol. The molecular formula is C17H23NO2. The SMILES string of the molecule is CCC(=O)[C@@H]1CCCN(c2ccc(C(C)C)cc2)C1=O. The fraction of sp³-hybridized carbons (Fsp3) is 0.529. The zero-order chi connectivity index (χ0) is 14.7. The molecule has 1 atom stereocenters. The van der Waals surface area contributed by atoms with Crippen LogP contribution in [0.15, 0.2) is 24.3 Å². The third kappa shape index (κ3) is 2.92. The number of nitrogens with zero attached hydrogens (tertiary/aromatic N) is 1. The smallest absolute Gasteiger partial charge is 0.237 e. The van der Waals surface area contributed by atoms with Crippen LogP contribution in [0.5, 0.6) is 0 Å². The summed E-state index contributed by atoms with van der Waals surface area (Å²) in [5, 5.41) is 0. The molecule has 1 fully saturated rings. The highest BCUT2D eigenvalue weighted by Gasteiger charge is 2.33. The quantitative estimate of drug-likeness (QED) is 0.787. The highest BCUT2D eigenvalue weighted by atomic mass is 16.2. The lowest BCUT2D eigenvalue weighted by Crippen LogP contribution is -2.44. The Balaban J connectivity index is 2.19. The van der Waals surface area contributed by atoms with Gasteiger partial charge in [0.25, 0.3) is 0 Å².